The fourth-order valence-corrected chi connectivity index (χ4v) is 2.08. The van der Waals surface area contributed by atoms with Crippen LogP contribution in [0.4, 0.5) is 13.2 Å². The minimum Gasteiger partial charge on any atom is -0.310 e. The van der Waals surface area contributed by atoms with Crippen LogP contribution in [0.15, 0.2) is 0 Å². The molecule has 1 aromatic heterocycles. The number of nitrogens with one attached hydrogen (secondary N) is 1. The molecule has 0 radical (unpaired) electrons. The minimum absolute atomic E-state index is 0.292. The molecule has 0 aliphatic carbocycles. The van der Waals surface area contributed by atoms with Crippen molar-refractivity contribution in [2.24, 2.45) is 0 Å². The predicted octanol–water partition coefficient (Wildman–Crippen LogP) is 3.07. The fraction of sp³-hybridized carbons (Fsp3) is 0.769. The Morgan fingerprint density at radius 1 is 1.21 bits per heavy atom. The molecule has 0 spiro atoms. The van der Waals surface area contributed by atoms with Gasteiger partial charge in [-0.3, -0.25) is 4.68 Å². The molecular formula is C13H22F3N3. The molecule has 1 aromatic rings. The van der Waals surface area contributed by atoms with Crippen LogP contribution in [0.3, 0.4) is 0 Å². The van der Waals surface area contributed by atoms with Crippen LogP contribution in [0, 0.1) is 0 Å². The summed E-state index contributed by atoms with van der Waals surface area (Å²) >= 11 is 0. The van der Waals surface area contributed by atoms with Gasteiger partial charge >= 0.3 is 6.18 Å². The highest BCUT2D eigenvalue weighted by Crippen LogP contribution is 2.22. The number of hydrogen-bond donors (Lipinski definition) is 1. The van der Waals surface area contributed by atoms with Gasteiger partial charge in [-0.15, -0.1) is 0 Å². The monoisotopic (exact) mass is 277 g/mol. The van der Waals surface area contributed by atoms with Gasteiger partial charge in [-0.25, -0.2) is 0 Å². The summed E-state index contributed by atoms with van der Waals surface area (Å²) in [6, 6.07) is 0.292. The summed E-state index contributed by atoms with van der Waals surface area (Å²) in [6.07, 6.45) is -3.03. The Morgan fingerprint density at radius 2 is 1.84 bits per heavy atom. The summed E-state index contributed by atoms with van der Waals surface area (Å²) in [5.74, 6) is 0. The highest BCUT2D eigenvalue weighted by molar-refractivity contribution is 5.27. The average Bonchev–Trinajstić information content (AvgIpc) is 2.60. The van der Waals surface area contributed by atoms with Gasteiger partial charge in [-0.05, 0) is 12.8 Å². The van der Waals surface area contributed by atoms with Gasteiger partial charge < -0.3 is 5.32 Å². The minimum atomic E-state index is -4.23. The molecule has 0 aliphatic heterocycles. The van der Waals surface area contributed by atoms with E-state index in [-0.39, 0.29) is 0 Å². The van der Waals surface area contributed by atoms with Crippen LogP contribution in [0.25, 0.3) is 0 Å². The van der Waals surface area contributed by atoms with E-state index in [9.17, 15) is 13.2 Å². The van der Waals surface area contributed by atoms with Crippen LogP contribution in [0.2, 0.25) is 0 Å². The number of aryl methyl sites for hydroxylation is 1. The van der Waals surface area contributed by atoms with Crippen molar-refractivity contribution < 1.29 is 13.2 Å². The van der Waals surface area contributed by atoms with Gasteiger partial charge in [0.1, 0.15) is 6.54 Å². The first-order valence-corrected chi connectivity index (χ1v) is 6.66. The summed E-state index contributed by atoms with van der Waals surface area (Å²) < 4.78 is 38.7. The number of nitrogens with zero attached hydrogens (tertiary/aromatic N) is 2. The Kier molecular flexibility index (Phi) is 5.40. The quantitative estimate of drug-likeness (QED) is 0.866. The van der Waals surface area contributed by atoms with Crippen molar-refractivity contribution >= 4 is 0 Å². The molecule has 0 aliphatic rings. The third-order valence-electron chi connectivity index (χ3n) is 2.94. The van der Waals surface area contributed by atoms with E-state index < -0.39 is 12.7 Å². The number of halogens is 3. The summed E-state index contributed by atoms with van der Waals surface area (Å²) in [4.78, 5) is 0. The number of rotatable bonds is 6. The van der Waals surface area contributed by atoms with Crippen molar-refractivity contribution in [1.82, 2.24) is 15.1 Å². The molecule has 0 atom stereocenters. The molecule has 1 rings (SSSR count). The van der Waals surface area contributed by atoms with Gasteiger partial charge in [0.15, 0.2) is 0 Å². The summed E-state index contributed by atoms with van der Waals surface area (Å²) in [6.45, 7) is 7.36. The van der Waals surface area contributed by atoms with Gasteiger partial charge in [0.2, 0.25) is 0 Å². The van der Waals surface area contributed by atoms with E-state index in [2.05, 4.69) is 10.4 Å². The van der Waals surface area contributed by atoms with Crippen LogP contribution in [-0.4, -0.2) is 22.0 Å². The number of alkyl halides is 3. The molecule has 0 unspecified atom stereocenters. The molecule has 0 bridgehead atoms. The molecule has 0 saturated heterocycles. The van der Waals surface area contributed by atoms with Gasteiger partial charge in [0.05, 0.1) is 5.69 Å². The lowest BCUT2D eigenvalue weighted by Gasteiger charge is -2.12. The van der Waals surface area contributed by atoms with Gasteiger partial charge in [-0.1, -0.05) is 27.7 Å². The first-order chi connectivity index (χ1) is 8.78. The topological polar surface area (TPSA) is 29.9 Å². The Labute approximate surface area is 112 Å². The number of hydrogen-bond acceptors (Lipinski definition) is 2. The smallest absolute Gasteiger partial charge is 0.310 e. The van der Waals surface area contributed by atoms with E-state index in [0.717, 1.165) is 15.9 Å². The van der Waals surface area contributed by atoms with Gasteiger partial charge in [-0.2, -0.15) is 18.3 Å². The largest absolute Gasteiger partial charge is 0.408 e. The van der Waals surface area contributed by atoms with Crippen molar-refractivity contribution in [3.05, 3.63) is 17.0 Å². The zero-order valence-electron chi connectivity index (χ0n) is 11.9. The SMILES string of the molecule is CCc1nn(CC(F)(F)F)c(CC)c1CNC(C)C. The third-order valence-corrected chi connectivity index (χ3v) is 2.94. The molecule has 3 nitrogen and oxygen atoms in total. The molecule has 1 heterocycles. The van der Waals surface area contributed by atoms with Crippen molar-refractivity contribution in [2.45, 2.75) is 65.8 Å². The Morgan fingerprint density at radius 3 is 2.26 bits per heavy atom. The molecule has 0 fully saturated rings. The van der Waals surface area contributed by atoms with Gasteiger partial charge in [0.25, 0.3) is 0 Å². The van der Waals surface area contributed by atoms with Crippen LogP contribution in [-0.2, 0) is 25.9 Å². The van der Waals surface area contributed by atoms with Crippen molar-refractivity contribution in [1.29, 1.82) is 0 Å². The zero-order valence-corrected chi connectivity index (χ0v) is 11.9. The second-order valence-corrected chi connectivity index (χ2v) is 4.89. The second-order valence-electron chi connectivity index (χ2n) is 4.89. The molecule has 6 heteroatoms. The average molecular weight is 277 g/mol. The van der Waals surface area contributed by atoms with Crippen molar-refractivity contribution in [3.8, 4) is 0 Å². The van der Waals surface area contributed by atoms with Crippen LogP contribution >= 0.6 is 0 Å². The van der Waals surface area contributed by atoms with E-state index in [4.69, 9.17) is 0 Å². The molecule has 19 heavy (non-hydrogen) atoms. The van der Waals surface area contributed by atoms with E-state index in [1.807, 2.05) is 27.7 Å². The predicted molar refractivity (Wildman–Crippen MR) is 69.0 cm³/mol. The molecule has 0 aromatic carbocycles. The maximum atomic E-state index is 12.5. The molecule has 110 valence electrons. The second kappa shape index (κ2) is 6.41. The van der Waals surface area contributed by atoms with E-state index in [0.29, 0.717) is 31.1 Å². The fourth-order valence-electron chi connectivity index (χ4n) is 2.08. The number of aromatic nitrogens is 2. The van der Waals surface area contributed by atoms with Gasteiger partial charge in [0, 0.05) is 23.8 Å². The highest BCUT2D eigenvalue weighted by Gasteiger charge is 2.30. The lowest BCUT2D eigenvalue weighted by atomic mass is 10.1. The summed E-state index contributed by atoms with van der Waals surface area (Å²) in [5, 5.41) is 7.37. The molecule has 0 amide bonds. The Bertz CT molecular complexity index is 408. The maximum absolute atomic E-state index is 12.5. The molecule has 0 saturated carbocycles. The first kappa shape index (κ1) is 16.0. The summed E-state index contributed by atoms with van der Waals surface area (Å²) in [7, 11) is 0. The highest BCUT2D eigenvalue weighted by atomic mass is 19.4. The zero-order chi connectivity index (χ0) is 14.6. The lowest BCUT2D eigenvalue weighted by Crippen LogP contribution is -2.23. The van der Waals surface area contributed by atoms with E-state index in [1.165, 1.54) is 0 Å². The lowest BCUT2D eigenvalue weighted by molar-refractivity contribution is -0.143. The third kappa shape index (κ3) is 4.53. The van der Waals surface area contributed by atoms with E-state index in [1.54, 1.807) is 0 Å². The molecular weight excluding hydrogens is 255 g/mol. The van der Waals surface area contributed by atoms with Crippen LogP contribution in [0.5, 0.6) is 0 Å². The maximum Gasteiger partial charge on any atom is 0.408 e. The summed E-state index contributed by atoms with van der Waals surface area (Å²) in [5.41, 5.74) is 2.36. The van der Waals surface area contributed by atoms with Crippen LogP contribution < -0.4 is 5.32 Å². The Balaban J connectivity index is 3.06. The van der Waals surface area contributed by atoms with Crippen LogP contribution in [0.1, 0.15) is 44.6 Å². The van der Waals surface area contributed by atoms with Crippen molar-refractivity contribution in [3.63, 3.8) is 0 Å². The van der Waals surface area contributed by atoms with E-state index >= 15 is 0 Å². The molecule has 1 N–H and O–H groups in total. The first-order valence-electron chi connectivity index (χ1n) is 6.66. The Hall–Kier alpha value is -1.04. The normalized spacial score (nSPS) is 12.4. The van der Waals surface area contributed by atoms with Crippen molar-refractivity contribution in [2.75, 3.05) is 0 Å². The standard InChI is InChI=1S/C13H22F3N3/c1-5-11-10(7-17-9(3)4)12(6-2)19(18-11)8-13(14,15)16/h9,17H,5-8H2,1-4H3.